The van der Waals surface area contributed by atoms with Gasteiger partial charge in [-0.2, -0.15) is 4.31 Å². The number of hydrogen-bond acceptors (Lipinski definition) is 5. The van der Waals surface area contributed by atoms with Crippen LogP contribution < -0.4 is 9.47 Å². The minimum atomic E-state index is -4.02. The van der Waals surface area contributed by atoms with Crippen molar-refractivity contribution in [3.8, 4) is 17.2 Å². The van der Waals surface area contributed by atoms with Crippen molar-refractivity contribution >= 4 is 33.2 Å². The summed E-state index contributed by atoms with van der Waals surface area (Å²) in [5, 5.41) is 10.2. The molecule has 0 saturated carbocycles. The fourth-order valence-electron chi connectivity index (χ4n) is 3.32. The average molecular weight is 432 g/mol. The van der Waals surface area contributed by atoms with Crippen LogP contribution in [0.25, 0.3) is 0 Å². The van der Waals surface area contributed by atoms with E-state index < -0.39 is 21.8 Å². The molecule has 1 aliphatic rings. The van der Waals surface area contributed by atoms with E-state index in [1.807, 2.05) is 6.07 Å². The maximum absolute atomic E-state index is 13.2. The highest BCUT2D eigenvalue weighted by molar-refractivity contribution is 7.89. The molecule has 0 fully saturated rings. The second kappa shape index (κ2) is 7.39. The summed E-state index contributed by atoms with van der Waals surface area (Å²) < 4.78 is 38.4. The monoisotopic (exact) mass is 431 g/mol. The zero-order chi connectivity index (χ0) is 19.9. The van der Waals surface area contributed by atoms with E-state index in [0.29, 0.717) is 17.9 Å². The summed E-state index contributed by atoms with van der Waals surface area (Å²) in [6.45, 7) is 2.03. The van der Waals surface area contributed by atoms with Crippen molar-refractivity contribution in [2.24, 2.45) is 0 Å². The highest BCUT2D eigenvalue weighted by Gasteiger charge is 2.36. The quantitative estimate of drug-likeness (QED) is 0.790. The van der Waals surface area contributed by atoms with Crippen LogP contribution in [0, 0.1) is 0 Å². The third-order valence-corrected chi connectivity index (χ3v) is 7.20. The molecule has 146 valence electrons. The van der Waals surface area contributed by atoms with Crippen molar-refractivity contribution in [3.05, 3.63) is 45.4 Å². The Morgan fingerprint density at radius 1 is 1.11 bits per heavy atom. The normalized spacial score (nSPS) is 17.4. The van der Waals surface area contributed by atoms with Gasteiger partial charge in [0.25, 0.3) is 0 Å². The Balaban J connectivity index is 2.08. The first-order valence-corrected chi connectivity index (χ1v) is 10.3. The van der Waals surface area contributed by atoms with Crippen LogP contribution in [0.4, 0.5) is 0 Å². The Bertz CT molecular complexity index is 994. The SMILES string of the molecule is COc1cc2c(cc1OC)C(C)N(S(=O)(=O)c1cc(Cl)cc(Cl)c1O)CC2. The number of ether oxygens (including phenoxy) is 2. The number of aromatic hydroxyl groups is 1. The minimum Gasteiger partial charge on any atom is -0.505 e. The molecule has 0 amide bonds. The smallest absolute Gasteiger partial charge is 0.247 e. The predicted octanol–water partition coefficient (Wildman–Crippen LogP) is 4.02. The topological polar surface area (TPSA) is 76.1 Å². The number of halogens is 2. The van der Waals surface area contributed by atoms with E-state index in [0.717, 1.165) is 11.1 Å². The lowest BCUT2D eigenvalue weighted by Gasteiger charge is -2.35. The molecule has 1 unspecified atom stereocenters. The van der Waals surface area contributed by atoms with Gasteiger partial charge in [-0.05, 0) is 48.7 Å². The number of phenols is 1. The average Bonchev–Trinajstić information content (AvgIpc) is 2.63. The predicted molar refractivity (Wildman–Crippen MR) is 104 cm³/mol. The van der Waals surface area contributed by atoms with Crippen molar-refractivity contribution in [1.29, 1.82) is 0 Å². The van der Waals surface area contributed by atoms with Gasteiger partial charge in [0.15, 0.2) is 17.2 Å². The molecule has 0 saturated heterocycles. The van der Waals surface area contributed by atoms with E-state index >= 15 is 0 Å². The van der Waals surface area contributed by atoms with Crippen molar-refractivity contribution in [1.82, 2.24) is 4.31 Å². The molecule has 0 radical (unpaired) electrons. The van der Waals surface area contributed by atoms with E-state index in [4.69, 9.17) is 32.7 Å². The Morgan fingerprint density at radius 3 is 2.37 bits per heavy atom. The van der Waals surface area contributed by atoms with Crippen LogP contribution in [0.15, 0.2) is 29.2 Å². The first-order chi connectivity index (χ1) is 12.7. The molecular weight excluding hydrogens is 413 g/mol. The summed E-state index contributed by atoms with van der Waals surface area (Å²) in [6.07, 6.45) is 0.494. The lowest BCUT2D eigenvalue weighted by atomic mass is 9.94. The molecule has 0 spiro atoms. The van der Waals surface area contributed by atoms with Crippen LogP contribution in [-0.4, -0.2) is 38.6 Å². The number of nitrogens with zero attached hydrogens (tertiary/aromatic N) is 1. The number of benzene rings is 2. The summed E-state index contributed by atoms with van der Waals surface area (Å²) in [5.74, 6) is 0.612. The minimum absolute atomic E-state index is 0.113. The Labute approximate surface area is 168 Å². The van der Waals surface area contributed by atoms with Gasteiger partial charge in [0.05, 0.1) is 19.2 Å². The van der Waals surface area contributed by atoms with Crippen LogP contribution in [0.5, 0.6) is 17.2 Å². The molecule has 1 aliphatic heterocycles. The molecular formula is C18H19Cl2NO5S. The number of methoxy groups -OCH3 is 2. The van der Waals surface area contributed by atoms with E-state index in [-0.39, 0.29) is 21.5 Å². The highest BCUT2D eigenvalue weighted by Crippen LogP contribution is 2.42. The largest absolute Gasteiger partial charge is 0.505 e. The molecule has 1 atom stereocenters. The first kappa shape index (κ1) is 20.1. The first-order valence-electron chi connectivity index (χ1n) is 8.15. The molecule has 3 rings (SSSR count). The molecule has 2 aromatic carbocycles. The number of rotatable bonds is 4. The van der Waals surface area contributed by atoms with Crippen LogP contribution in [0.1, 0.15) is 24.1 Å². The van der Waals surface area contributed by atoms with E-state index in [1.54, 1.807) is 20.1 Å². The van der Waals surface area contributed by atoms with Crippen LogP contribution in [-0.2, 0) is 16.4 Å². The fourth-order valence-corrected chi connectivity index (χ4v) is 5.67. The summed E-state index contributed by atoms with van der Waals surface area (Å²) in [4.78, 5) is -0.309. The number of sulfonamides is 1. The Morgan fingerprint density at radius 2 is 1.74 bits per heavy atom. The van der Waals surface area contributed by atoms with Gasteiger partial charge < -0.3 is 14.6 Å². The van der Waals surface area contributed by atoms with Crippen molar-refractivity contribution in [3.63, 3.8) is 0 Å². The Kier molecular flexibility index (Phi) is 5.49. The van der Waals surface area contributed by atoms with Crippen molar-refractivity contribution in [2.75, 3.05) is 20.8 Å². The third kappa shape index (κ3) is 3.45. The van der Waals surface area contributed by atoms with Gasteiger partial charge in [0.2, 0.25) is 10.0 Å². The van der Waals surface area contributed by atoms with Gasteiger partial charge in [-0.1, -0.05) is 23.2 Å². The van der Waals surface area contributed by atoms with Crippen LogP contribution in [0.3, 0.4) is 0 Å². The van der Waals surface area contributed by atoms with Gasteiger partial charge in [-0.3, -0.25) is 0 Å². The number of phenolic OH excluding ortho intramolecular Hbond substituents is 1. The van der Waals surface area contributed by atoms with E-state index in [9.17, 15) is 13.5 Å². The zero-order valence-electron chi connectivity index (χ0n) is 15.0. The van der Waals surface area contributed by atoms with Gasteiger partial charge >= 0.3 is 0 Å². The highest BCUT2D eigenvalue weighted by atomic mass is 35.5. The molecule has 2 aromatic rings. The maximum Gasteiger partial charge on any atom is 0.247 e. The Hall–Kier alpha value is -1.67. The van der Waals surface area contributed by atoms with Crippen molar-refractivity contribution < 1.29 is 23.0 Å². The third-order valence-electron chi connectivity index (χ3n) is 4.71. The molecule has 6 nitrogen and oxygen atoms in total. The lowest BCUT2D eigenvalue weighted by molar-refractivity contribution is 0.317. The standard InChI is InChI=1S/C18H19Cl2NO5S/c1-10-13-9-16(26-3)15(25-2)6-11(13)4-5-21(10)27(23,24)17-8-12(19)7-14(20)18(17)22/h6-10,22H,4-5H2,1-3H3. The molecule has 0 aromatic heterocycles. The second-order valence-corrected chi connectivity index (χ2v) is 8.88. The molecule has 0 bridgehead atoms. The van der Waals surface area contributed by atoms with Gasteiger partial charge in [-0.15, -0.1) is 0 Å². The van der Waals surface area contributed by atoms with E-state index in [1.165, 1.54) is 23.5 Å². The molecule has 0 aliphatic carbocycles. The van der Waals surface area contributed by atoms with Crippen molar-refractivity contribution in [2.45, 2.75) is 24.3 Å². The molecule has 9 heteroatoms. The fraction of sp³-hybridized carbons (Fsp3) is 0.333. The maximum atomic E-state index is 13.2. The second-order valence-electron chi connectivity index (χ2n) is 6.18. The van der Waals surface area contributed by atoms with E-state index in [2.05, 4.69) is 0 Å². The van der Waals surface area contributed by atoms with Gasteiger partial charge in [-0.25, -0.2) is 8.42 Å². The summed E-state index contributed by atoms with van der Waals surface area (Å²) in [7, 11) is -0.942. The van der Waals surface area contributed by atoms with Gasteiger partial charge in [0.1, 0.15) is 4.90 Å². The zero-order valence-corrected chi connectivity index (χ0v) is 17.3. The number of fused-ring (bicyclic) bond motifs is 1. The lowest BCUT2D eigenvalue weighted by Crippen LogP contribution is -2.38. The molecule has 1 N–H and O–H groups in total. The summed E-state index contributed by atoms with van der Waals surface area (Å²) >= 11 is 11.9. The number of hydrogen-bond donors (Lipinski definition) is 1. The van der Waals surface area contributed by atoms with Crippen LogP contribution >= 0.6 is 23.2 Å². The van der Waals surface area contributed by atoms with Crippen LogP contribution in [0.2, 0.25) is 10.0 Å². The van der Waals surface area contributed by atoms with Gasteiger partial charge in [0, 0.05) is 17.6 Å². The molecule has 1 heterocycles. The summed E-state index contributed by atoms with van der Waals surface area (Å²) in [5.41, 5.74) is 1.80. The molecule has 27 heavy (non-hydrogen) atoms. The summed E-state index contributed by atoms with van der Waals surface area (Å²) in [6, 6.07) is 5.67.